The molecule has 0 aromatic heterocycles. The maximum absolute atomic E-state index is 12.1. The number of carbonyl (C=O) groups excluding carboxylic acids is 1. The zero-order chi connectivity index (χ0) is 15.6. The lowest BCUT2D eigenvalue weighted by Gasteiger charge is -2.19. The highest BCUT2D eigenvalue weighted by Gasteiger charge is 2.37. The summed E-state index contributed by atoms with van der Waals surface area (Å²) >= 11 is 0. The van der Waals surface area contributed by atoms with Gasteiger partial charge in [-0.3, -0.25) is 4.79 Å². The molecule has 2 atom stereocenters. The first kappa shape index (κ1) is 15.3. The zero-order valence-electron chi connectivity index (χ0n) is 12.1. The molecular formula is C16H19NO4. The second kappa shape index (κ2) is 6.10. The summed E-state index contributed by atoms with van der Waals surface area (Å²) in [6, 6.07) is 4.94. The molecule has 112 valence electrons. The number of carboxylic acids is 1. The number of β-amino-alcohol motifs (C(OH)–C–C–N with tert-alkyl or cyclic N) is 1. The van der Waals surface area contributed by atoms with E-state index >= 15 is 0 Å². The number of hydrogen-bond acceptors (Lipinski definition) is 3. The quantitative estimate of drug-likeness (QED) is 0.824. The van der Waals surface area contributed by atoms with Crippen LogP contribution in [0.2, 0.25) is 0 Å². The highest BCUT2D eigenvalue weighted by atomic mass is 16.4. The molecule has 0 spiro atoms. The van der Waals surface area contributed by atoms with E-state index in [1.165, 1.54) is 11.0 Å². The molecule has 1 aromatic rings. The Kier molecular flexibility index (Phi) is 4.43. The van der Waals surface area contributed by atoms with Crippen molar-refractivity contribution in [1.29, 1.82) is 0 Å². The Labute approximate surface area is 123 Å². The summed E-state index contributed by atoms with van der Waals surface area (Å²) in [7, 11) is 0. The number of hydrogen-bond donors (Lipinski definition) is 2. The van der Waals surface area contributed by atoms with Gasteiger partial charge in [0, 0.05) is 19.0 Å². The van der Waals surface area contributed by atoms with Gasteiger partial charge in [-0.2, -0.15) is 0 Å². The van der Waals surface area contributed by atoms with Crippen molar-refractivity contribution in [3.05, 3.63) is 41.0 Å². The summed E-state index contributed by atoms with van der Waals surface area (Å²) in [6.07, 6.45) is 2.36. The Morgan fingerprint density at radius 3 is 2.67 bits per heavy atom. The number of rotatable bonds is 3. The fourth-order valence-corrected chi connectivity index (χ4v) is 2.56. The predicted octanol–water partition coefficient (Wildman–Crippen LogP) is 1.36. The van der Waals surface area contributed by atoms with Gasteiger partial charge in [0.2, 0.25) is 5.91 Å². The van der Waals surface area contributed by atoms with Crippen molar-refractivity contribution in [2.75, 3.05) is 6.54 Å². The van der Waals surface area contributed by atoms with Gasteiger partial charge < -0.3 is 15.1 Å². The van der Waals surface area contributed by atoms with Crippen LogP contribution in [0.5, 0.6) is 0 Å². The molecule has 0 saturated carbocycles. The van der Waals surface area contributed by atoms with Crippen molar-refractivity contribution in [3.8, 4) is 0 Å². The normalized spacial score (nSPS) is 22.0. The summed E-state index contributed by atoms with van der Waals surface area (Å²) in [5.41, 5.74) is 3.11. The molecule has 5 nitrogen and oxygen atoms in total. The van der Waals surface area contributed by atoms with Crippen LogP contribution >= 0.6 is 0 Å². The van der Waals surface area contributed by atoms with Gasteiger partial charge in [0.15, 0.2) is 0 Å². The Hall–Kier alpha value is -2.14. The molecule has 2 rings (SSSR count). The molecule has 0 bridgehead atoms. The molecule has 5 heteroatoms. The van der Waals surface area contributed by atoms with E-state index in [9.17, 15) is 14.7 Å². The molecule has 0 aliphatic carbocycles. The third kappa shape index (κ3) is 3.49. The van der Waals surface area contributed by atoms with E-state index in [1.54, 1.807) is 6.08 Å². The average molecular weight is 289 g/mol. The standard InChI is InChI=1S/C16H19NO4/c1-10-3-4-12(11(2)7-10)5-6-15(19)17-9-13(18)8-14(17)16(20)21/h3-7,13-14,18H,8-9H2,1-2H3,(H,20,21)/b6-5+/t13?,14-/m0/s1. The minimum atomic E-state index is -1.08. The highest BCUT2D eigenvalue weighted by molar-refractivity contribution is 5.95. The lowest BCUT2D eigenvalue weighted by atomic mass is 10.1. The van der Waals surface area contributed by atoms with Crippen LogP contribution in [-0.4, -0.2) is 45.7 Å². The molecule has 1 unspecified atom stereocenters. The number of aliphatic carboxylic acids is 1. The lowest BCUT2D eigenvalue weighted by Crippen LogP contribution is -2.39. The summed E-state index contributed by atoms with van der Waals surface area (Å²) in [4.78, 5) is 24.4. The van der Waals surface area contributed by atoms with Crippen molar-refractivity contribution in [1.82, 2.24) is 4.90 Å². The molecule has 1 saturated heterocycles. The maximum atomic E-state index is 12.1. The Morgan fingerprint density at radius 2 is 2.05 bits per heavy atom. The van der Waals surface area contributed by atoms with Crippen molar-refractivity contribution < 1.29 is 19.8 Å². The first-order valence-electron chi connectivity index (χ1n) is 6.85. The van der Waals surface area contributed by atoms with E-state index in [1.807, 2.05) is 32.0 Å². The minimum Gasteiger partial charge on any atom is -0.480 e. The van der Waals surface area contributed by atoms with Crippen LogP contribution in [0.4, 0.5) is 0 Å². The molecule has 1 aliphatic rings. The molecule has 1 fully saturated rings. The number of aryl methyl sites for hydroxylation is 2. The van der Waals surface area contributed by atoms with E-state index in [2.05, 4.69) is 0 Å². The van der Waals surface area contributed by atoms with Crippen LogP contribution in [0.15, 0.2) is 24.3 Å². The Balaban J connectivity index is 2.13. The summed E-state index contributed by atoms with van der Waals surface area (Å²) in [5.74, 6) is -1.47. The second-order valence-electron chi connectivity index (χ2n) is 5.43. The predicted molar refractivity (Wildman–Crippen MR) is 78.7 cm³/mol. The van der Waals surface area contributed by atoms with Gasteiger partial charge in [0.25, 0.3) is 0 Å². The van der Waals surface area contributed by atoms with E-state index < -0.39 is 18.1 Å². The fraction of sp³-hybridized carbons (Fsp3) is 0.375. The molecule has 1 amide bonds. The third-order valence-corrected chi connectivity index (χ3v) is 3.68. The summed E-state index contributed by atoms with van der Waals surface area (Å²) in [6.45, 7) is 4.01. The molecular weight excluding hydrogens is 270 g/mol. The summed E-state index contributed by atoms with van der Waals surface area (Å²) in [5, 5.41) is 18.6. The van der Waals surface area contributed by atoms with Crippen molar-refractivity contribution in [3.63, 3.8) is 0 Å². The molecule has 0 radical (unpaired) electrons. The Morgan fingerprint density at radius 1 is 1.33 bits per heavy atom. The number of aliphatic hydroxyl groups excluding tert-OH is 1. The van der Waals surface area contributed by atoms with Crippen LogP contribution in [0, 0.1) is 13.8 Å². The number of carboxylic acid groups (broad SMARTS) is 1. The third-order valence-electron chi connectivity index (χ3n) is 3.68. The van der Waals surface area contributed by atoms with E-state index in [-0.39, 0.29) is 18.9 Å². The maximum Gasteiger partial charge on any atom is 0.326 e. The molecule has 2 N–H and O–H groups in total. The van der Waals surface area contributed by atoms with Gasteiger partial charge in [0.1, 0.15) is 6.04 Å². The van der Waals surface area contributed by atoms with Gasteiger partial charge >= 0.3 is 5.97 Å². The fourth-order valence-electron chi connectivity index (χ4n) is 2.56. The van der Waals surface area contributed by atoms with Gasteiger partial charge in [0.05, 0.1) is 6.10 Å². The summed E-state index contributed by atoms with van der Waals surface area (Å²) < 4.78 is 0. The molecule has 21 heavy (non-hydrogen) atoms. The van der Waals surface area contributed by atoms with Gasteiger partial charge in [-0.15, -0.1) is 0 Å². The molecule has 1 aliphatic heterocycles. The Bertz CT molecular complexity index is 594. The number of carbonyl (C=O) groups is 2. The van der Waals surface area contributed by atoms with E-state index in [0.717, 1.165) is 16.7 Å². The molecule has 1 heterocycles. The molecule has 1 aromatic carbocycles. The first-order valence-corrected chi connectivity index (χ1v) is 6.85. The van der Waals surface area contributed by atoms with Gasteiger partial charge in [-0.05, 0) is 31.1 Å². The number of benzene rings is 1. The highest BCUT2D eigenvalue weighted by Crippen LogP contribution is 2.19. The number of likely N-dealkylation sites (tertiary alicyclic amines) is 1. The second-order valence-corrected chi connectivity index (χ2v) is 5.43. The number of amides is 1. The SMILES string of the molecule is Cc1ccc(/C=C/C(=O)N2CC(O)C[C@H]2C(=O)O)c(C)c1. The van der Waals surface area contributed by atoms with Gasteiger partial charge in [-0.25, -0.2) is 4.79 Å². The lowest BCUT2D eigenvalue weighted by molar-refractivity contribution is -0.146. The van der Waals surface area contributed by atoms with Crippen molar-refractivity contribution in [2.45, 2.75) is 32.4 Å². The van der Waals surface area contributed by atoms with Crippen molar-refractivity contribution in [2.24, 2.45) is 0 Å². The van der Waals surface area contributed by atoms with Crippen LogP contribution in [0.3, 0.4) is 0 Å². The van der Waals surface area contributed by atoms with Crippen molar-refractivity contribution >= 4 is 18.0 Å². The topological polar surface area (TPSA) is 77.8 Å². The smallest absolute Gasteiger partial charge is 0.326 e. The minimum absolute atomic E-state index is 0.0625. The van der Waals surface area contributed by atoms with E-state index in [0.29, 0.717) is 0 Å². The van der Waals surface area contributed by atoms with E-state index in [4.69, 9.17) is 5.11 Å². The largest absolute Gasteiger partial charge is 0.480 e. The zero-order valence-corrected chi connectivity index (χ0v) is 12.1. The average Bonchev–Trinajstić information content (AvgIpc) is 2.80. The first-order chi connectivity index (χ1) is 9.88. The van der Waals surface area contributed by atoms with Crippen LogP contribution in [-0.2, 0) is 9.59 Å². The van der Waals surface area contributed by atoms with Crippen LogP contribution in [0.1, 0.15) is 23.1 Å². The number of nitrogens with zero attached hydrogens (tertiary/aromatic N) is 1. The van der Waals surface area contributed by atoms with Crippen LogP contribution in [0.25, 0.3) is 6.08 Å². The van der Waals surface area contributed by atoms with Crippen LogP contribution < -0.4 is 0 Å². The van der Waals surface area contributed by atoms with Gasteiger partial charge in [-0.1, -0.05) is 23.8 Å². The monoisotopic (exact) mass is 289 g/mol. The number of aliphatic hydroxyl groups is 1.